The first-order valence-electron chi connectivity index (χ1n) is 8.40. The Morgan fingerprint density at radius 3 is 3.00 bits per heavy atom. The highest BCUT2D eigenvalue weighted by Crippen LogP contribution is 2.62. The molecule has 2 aliphatic heterocycles. The van der Waals surface area contributed by atoms with E-state index in [4.69, 9.17) is 4.74 Å². The first kappa shape index (κ1) is 16.0. The van der Waals surface area contributed by atoms with Gasteiger partial charge in [0.05, 0.1) is 0 Å². The van der Waals surface area contributed by atoms with Gasteiger partial charge >= 0.3 is 0 Å². The third-order valence-corrected chi connectivity index (χ3v) is 6.35. The van der Waals surface area contributed by atoms with Gasteiger partial charge in [0.15, 0.2) is 11.5 Å². The molecule has 5 rings (SSSR count). The van der Waals surface area contributed by atoms with Crippen molar-refractivity contribution >= 4 is 0 Å². The Hall–Kier alpha value is -1.49. The molecule has 2 aliphatic carbocycles. The maximum atomic E-state index is 10.5. The molecule has 4 aliphatic rings. The number of likely N-dealkylation sites (tertiary alicyclic amines) is 1. The molecule has 0 radical (unpaired) electrons. The number of aromatic hydroxyl groups is 1. The van der Waals surface area contributed by atoms with Gasteiger partial charge in [0, 0.05) is 29.5 Å². The molecule has 1 aromatic carbocycles. The summed E-state index contributed by atoms with van der Waals surface area (Å²) >= 11 is 0. The third-order valence-electron chi connectivity index (χ3n) is 6.35. The molecule has 5 atom stereocenters. The van der Waals surface area contributed by atoms with Gasteiger partial charge in [0.25, 0.3) is 0 Å². The van der Waals surface area contributed by atoms with Crippen molar-refractivity contribution < 1.29 is 27.4 Å². The predicted octanol–water partition coefficient (Wildman–Crippen LogP) is -1.24. The lowest BCUT2D eigenvalue weighted by Crippen LogP contribution is -3.00. The number of halogens is 1. The van der Waals surface area contributed by atoms with E-state index in [1.165, 1.54) is 5.56 Å². The zero-order chi connectivity index (χ0) is 15.8. The first-order valence-corrected chi connectivity index (χ1v) is 8.40. The highest BCUT2D eigenvalue weighted by molar-refractivity contribution is 5.61. The van der Waals surface area contributed by atoms with Crippen LogP contribution in [0.2, 0.25) is 0 Å². The summed E-state index contributed by atoms with van der Waals surface area (Å²) in [6, 6.07) is 4.17. The lowest BCUT2D eigenvalue weighted by atomic mass is 9.53. The van der Waals surface area contributed by atoms with Crippen LogP contribution in [0.4, 0.5) is 0 Å². The number of rotatable bonds is 2. The average molecular weight is 347 g/mol. The van der Waals surface area contributed by atoms with Crippen molar-refractivity contribution in [2.45, 2.75) is 36.5 Å². The fraction of sp³-hybridized carbons (Fsp3) is 0.474. The molecule has 2 bridgehead atoms. The van der Waals surface area contributed by atoms with Crippen LogP contribution < -0.4 is 17.1 Å². The Labute approximate surface area is 147 Å². The number of ether oxygens (including phenoxy) is 1. The lowest BCUT2D eigenvalue weighted by Gasteiger charge is -2.57. The van der Waals surface area contributed by atoms with Crippen molar-refractivity contribution in [1.82, 2.24) is 4.90 Å². The zero-order valence-electron chi connectivity index (χ0n) is 13.4. The van der Waals surface area contributed by atoms with Gasteiger partial charge in [-0.05, 0) is 31.0 Å². The van der Waals surface area contributed by atoms with E-state index in [0.29, 0.717) is 17.7 Å². The summed E-state index contributed by atoms with van der Waals surface area (Å²) in [5, 5.41) is 20.8. The van der Waals surface area contributed by atoms with Crippen LogP contribution in [-0.2, 0) is 11.8 Å². The monoisotopic (exact) mass is 346 g/mol. The second kappa shape index (κ2) is 5.25. The van der Waals surface area contributed by atoms with Gasteiger partial charge in [-0.2, -0.15) is 0 Å². The van der Waals surface area contributed by atoms with Crippen molar-refractivity contribution in [1.29, 1.82) is 0 Å². The molecule has 2 heterocycles. The van der Waals surface area contributed by atoms with E-state index in [9.17, 15) is 10.2 Å². The number of phenolic OH excluding ortho intramolecular Hbond substituents is 1. The Bertz CT molecular complexity index is 734. The van der Waals surface area contributed by atoms with E-state index in [1.54, 1.807) is 6.07 Å². The summed E-state index contributed by atoms with van der Waals surface area (Å²) in [4.78, 5) is 2.50. The number of aliphatic hydroxyl groups is 1. The minimum absolute atomic E-state index is 0. The molecule has 1 aromatic rings. The Balaban J connectivity index is 0.00000146. The summed E-state index contributed by atoms with van der Waals surface area (Å²) in [6.07, 6.45) is 7.04. The number of hydrogen-bond acceptors (Lipinski definition) is 4. The van der Waals surface area contributed by atoms with Gasteiger partial charge in [-0.1, -0.05) is 24.3 Å². The number of piperidine rings is 1. The molecular weight excluding hydrogens is 326 g/mol. The number of hydrogen-bond donors (Lipinski definition) is 2. The number of benzene rings is 1. The molecule has 128 valence electrons. The molecule has 0 saturated carbocycles. The molecule has 1 fully saturated rings. The van der Waals surface area contributed by atoms with Crippen LogP contribution in [0.3, 0.4) is 0 Å². The van der Waals surface area contributed by atoms with E-state index >= 15 is 0 Å². The average Bonchev–Trinajstić information content (AvgIpc) is 2.89. The van der Waals surface area contributed by atoms with Crippen molar-refractivity contribution in [3.05, 3.63) is 48.1 Å². The molecule has 4 nitrogen and oxygen atoms in total. The minimum atomic E-state index is -0.615. The smallest absolute Gasteiger partial charge is 0.165 e. The van der Waals surface area contributed by atoms with Crippen molar-refractivity contribution in [3.8, 4) is 11.5 Å². The van der Waals surface area contributed by atoms with Crippen LogP contribution in [0.5, 0.6) is 11.5 Å². The molecule has 24 heavy (non-hydrogen) atoms. The van der Waals surface area contributed by atoms with E-state index < -0.39 is 6.10 Å². The number of phenols is 1. The largest absolute Gasteiger partial charge is 1.00 e. The van der Waals surface area contributed by atoms with Crippen LogP contribution in [-0.4, -0.2) is 46.5 Å². The Morgan fingerprint density at radius 1 is 1.38 bits per heavy atom. The number of aliphatic hydroxyl groups excluding tert-OH is 1. The van der Waals surface area contributed by atoms with Crippen LogP contribution >= 0.6 is 0 Å². The van der Waals surface area contributed by atoms with Crippen LogP contribution in [0.1, 0.15) is 17.5 Å². The van der Waals surface area contributed by atoms with Crippen molar-refractivity contribution in [2.24, 2.45) is 5.92 Å². The Kier molecular flexibility index (Phi) is 3.50. The van der Waals surface area contributed by atoms with Gasteiger partial charge in [-0.15, -0.1) is 6.58 Å². The van der Waals surface area contributed by atoms with Gasteiger partial charge in [-0.25, -0.2) is 0 Å². The van der Waals surface area contributed by atoms with Gasteiger partial charge in [0.1, 0.15) is 12.2 Å². The summed E-state index contributed by atoms with van der Waals surface area (Å²) in [5.41, 5.74) is 2.22. The van der Waals surface area contributed by atoms with Crippen LogP contribution in [0, 0.1) is 5.92 Å². The zero-order valence-corrected chi connectivity index (χ0v) is 14.1. The summed E-state index contributed by atoms with van der Waals surface area (Å²) in [6.45, 7) is 5.76. The van der Waals surface area contributed by atoms with E-state index in [-0.39, 0.29) is 29.7 Å². The van der Waals surface area contributed by atoms with Gasteiger partial charge in [-0.3, -0.25) is 4.90 Å². The predicted molar refractivity (Wildman–Crippen MR) is 86.7 cm³/mol. The standard InChI is InChI=1S/C19H21NO3.ClH/c1-2-8-20-9-7-19-12-4-6-15(22)18(19)23-17-14(21)5-3-11(16(17)19)10-13(12)20;/h2-6,12-13,15,18,21-22H,1,7-10H2;1H/p-1/t12?,13-,15?,18?,19+;/m1./s1. The summed E-state index contributed by atoms with van der Waals surface area (Å²) in [7, 11) is 0. The minimum Gasteiger partial charge on any atom is -1.00 e. The topological polar surface area (TPSA) is 52.9 Å². The maximum Gasteiger partial charge on any atom is 0.165 e. The van der Waals surface area contributed by atoms with Gasteiger partial charge in [0.2, 0.25) is 0 Å². The first-order chi connectivity index (χ1) is 11.2. The Morgan fingerprint density at radius 2 is 2.21 bits per heavy atom. The second-order valence-corrected chi connectivity index (χ2v) is 7.23. The fourth-order valence-corrected chi connectivity index (χ4v) is 5.52. The molecule has 0 amide bonds. The van der Waals surface area contributed by atoms with Crippen molar-refractivity contribution in [2.75, 3.05) is 13.1 Å². The lowest BCUT2D eigenvalue weighted by molar-refractivity contribution is -0.0488. The molecule has 2 N–H and O–H groups in total. The van der Waals surface area contributed by atoms with Crippen molar-refractivity contribution in [3.63, 3.8) is 0 Å². The SMILES string of the molecule is C=CCN1CC[C@]23c4c5ccc(O)c4OC2C(O)C=CC3[C@H]1C5.[Cl-]. The summed E-state index contributed by atoms with van der Waals surface area (Å²) < 4.78 is 6.13. The molecule has 3 unspecified atom stereocenters. The second-order valence-electron chi connectivity index (χ2n) is 7.23. The molecule has 0 aromatic heterocycles. The van der Waals surface area contributed by atoms with E-state index in [1.807, 2.05) is 18.2 Å². The summed E-state index contributed by atoms with van der Waals surface area (Å²) in [5.74, 6) is 1.13. The third kappa shape index (κ3) is 1.71. The van der Waals surface area contributed by atoms with E-state index in [0.717, 1.165) is 31.5 Å². The molecule has 1 saturated heterocycles. The van der Waals surface area contributed by atoms with Gasteiger partial charge < -0.3 is 27.4 Å². The molecule has 1 spiro atoms. The number of nitrogens with zero attached hydrogens (tertiary/aromatic N) is 1. The normalized spacial score (nSPS) is 38.0. The molecule has 5 heteroatoms. The maximum absolute atomic E-state index is 10.5. The highest BCUT2D eigenvalue weighted by atomic mass is 35.5. The molecular formula is C19H21ClNO3-. The van der Waals surface area contributed by atoms with E-state index in [2.05, 4.69) is 17.6 Å². The van der Waals surface area contributed by atoms with Crippen LogP contribution in [0.25, 0.3) is 0 Å². The fourth-order valence-electron chi connectivity index (χ4n) is 5.52. The quantitative estimate of drug-likeness (QED) is 0.658. The van der Waals surface area contributed by atoms with Crippen LogP contribution in [0.15, 0.2) is 36.9 Å². The highest BCUT2D eigenvalue weighted by Gasteiger charge is 2.64.